The minimum Gasteiger partial charge on any atom is -0.478 e. The number of aryl methyl sites for hydroxylation is 2. The molecule has 12 heteroatoms. The van der Waals surface area contributed by atoms with Crippen LogP contribution >= 0.6 is 0 Å². The third kappa shape index (κ3) is 6.63. The van der Waals surface area contributed by atoms with E-state index in [1.165, 1.54) is 12.1 Å². The molecule has 0 spiro atoms. The molecule has 48 heavy (non-hydrogen) atoms. The molecule has 0 aliphatic heterocycles. The Balaban J connectivity index is 0.00000125. The Bertz CT molecular complexity index is 2010. The standard InChI is InChI=1S/C32H24N6O6.2C2H6/c33-27(39)17-9-11-25-23(15-17)35-29(19-5-1-3-7-21(19)31(41)42)37(25)13-14-38-26-12-10-18(28(34)40)16-24(26)36-30(38)20-6-2-4-8-22(20)32(43)44;2*1-2/h1-12,15-16H,13-14H2,(H2,33,39)(H2,34,40)(H,41,42)(H,43,44);2*1-2H3. The molecule has 0 unspecified atom stereocenters. The van der Waals surface area contributed by atoms with Gasteiger partial charge < -0.3 is 30.8 Å². The lowest BCUT2D eigenvalue weighted by molar-refractivity contribution is 0.0686. The van der Waals surface area contributed by atoms with Crippen molar-refractivity contribution in [3.63, 3.8) is 0 Å². The number of amides is 2. The van der Waals surface area contributed by atoms with Crippen molar-refractivity contribution >= 4 is 45.8 Å². The van der Waals surface area contributed by atoms with Gasteiger partial charge in [-0.1, -0.05) is 64.1 Å². The SMILES string of the molecule is CC.CC.NC(=O)c1ccc2c(c1)nc(-c1ccccc1C(=O)O)n2CCn1c(-c2ccccc2C(=O)O)nc2cc(C(N)=O)ccc21. The number of carbonyl (C=O) groups excluding carboxylic acids is 2. The molecule has 0 saturated carbocycles. The first-order valence-corrected chi connectivity index (χ1v) is 15.4. The topological polar surface area (TPSA) is 196 Å². The second-order valence-corrected chi connectivity index (χ2v) is 10.0. The zero-order chi connectivity index (χ0) is 35.1. The smallest absolute Gasteiger partial charge is 0.336 e. The number of nitrogens with zero attached hydrogens (tertiary/aromatic N) is 4. The second kappa shape index (κ2) is 14.9. The van der Waals surface area contributed by atoms with Crippen molar-refractivity contribution < 1.29 is 29.4 Å². The number of hydrogen-bond acceptors (Lipinski definition) is 6. The third-order valence-electron chi connectivity index (χ3n) is 7.41. The number of fused-ring (bicyclic) bond motifs is 2. The van der Waals surface area contributed by atoms with Gasteiger partial charge in [0.05, 0.1) is 33.2 Å². The van der Waals surface area contributed by atoms with E-state index in [4.69, 9.17) is 21.4 Å². The summed E-state index contributed by atoms with van der Waals surface area (Å²) >= 11 is 0. The average Bonchev–Trinajstić information content (AvgIpc) is 3.66. The average molecular weight is 649 g/mol. The number of nitrogens with two attached hydrogens (primary N) is 2. The Morgan fingerprint density at radius 1 is 0.583 bits per heavy atom. The Kier molecular flexibility index (Phi) is 10.7. The molecule has 0 bridgehead atoms. The molecule has 12 nitrogen and oxygen atoms in total. The van der Waals surface area contributed by atoms with Crippen LogP contribution in [0.25, 0.3) is 44.8 Å². The fourth-order valence-electron chi connectivity index (χ4n) is 5.36. The van der Waals surface area contributed by atoms with Crippen LogP contribution in [0.5, 0.6) is 0 Å². The van der Waals surface area contributed by atoms with Crippen molar-refractivity contribution in [3.8, 4) is 22.8 Å². The first-order chi connectivity index (χ1) is 23.1. The van der Waals surface area contributed by atoms with Gasteiger partial charge in [0.25, 0.3) is 0 Å². The Labute approximate surface area is 276 Å². The monoisotopic (exact) mass is 648 g/mol. The fraction of sp³-hybridized carbons (Fsp3) is 0.167. The van der Waals surface area contributed by atoms with Crippen molar-refractivity contribution in [2.24, 2.45) is 11.5 Å². The van der Waals surface area contributed by atoms with Gasteiger partial charge in [-0.2, -0.15) is 0 Å². The van der Waals surface area contributed by atoms with Crippen LogP contribution in [0.3, 0.4) is 0 Å². The quantitative estimate of drug-likeness (QED) is 0.145. The van der Waals surface area contributed by atoms with E-state index in [1.807, 2.05) is 36.8 Å². The number of primary amides is 2. The molecule has 2 amide bonds. The van der Waals surface area contributed by atoms with Gasteiger partial charge in [-0.15, -0.1) is 0 Å². The van der Waals surface area contributed by atoms with Crippen LogP contribution in [0.15, 0.2) is 84.9 Å². The van der Waals surface area contributed by atoms with Crippen LogP contribution in [-0.2, 0) is 13.1 Å². The molecule has 0 aliphatic carbocycles. The van der Waals surface area contributed by atoms with Gasteiger partial charge in [0.1, 0.15) is 11.6 Å². The lowest BCUT2D eigenvalue weighted by Gasteiger charge is -2.15. The number of rotatable bonds is 9. The summed E-state index contributed by atoms with van der Waals surface area (Å²) in [7, 11) is 0. The van der Waals surface area contributed by atoms with Crippen LogP contribution in [0, 0.1) is 0 Å². The van der Waals surface area contributed by atoms with E-state index in [0.717, 1.165) is 0 Å². The Morgan fingerprint density at radius 2 is 0.938 bits per heavy atom. The number of carboxylic acids is 2. The Hall–Kier alpha value is -6.30. The van der Waals surface area contributed by atoms with E-state index >= 15 is 0 Å². The van der Waals surface area contributed by atoms with Gasteiger partial charge in [0.2, 0.25) is 11.8 Å². The molecule has 4 aromatic carbocycles. The van der Waals surface area contributed by atoms with Crippen molar-refractivity contribution in [2.45, 2.75) is 40.8 Å². The fourth-order valence-corrected chi connectivity index (χ4v) is 5.36. The first kappa shape index (κ1) is 34.6. The molecule has 0 fully saturated rings. The maximum absolute atomic E-state index is 12.1. The summed E-state index contributed by atoms with van der Waals surface area (Å²) in [5.74, 6) is -2.81. The van der Waals surface area contributed by atoms with Crippen molar-refractivity contribution in [3.05, 3.63) is 107 Å². The van der Waals surface area contributed by atoms with Crippen molar-refractivity contribution in [1.29, 1.82) is 0 Å². The molecule has 0 saturated heterocycles. The summed E-state index contributed by atoms with van der Waals surface area (Å²) in [5, 5.41) is 19.8. The maximum Gasteiger partial charge on any atom is 0.336 e. The summed E-state index contributed by atoms with van der Waals surface area (Å²) in [6.45, 7) is 8.47. The predicted molar refractivity (Wildman–Crippen MR) is 184 cm³/mol. The number of aromatic nitrogens is 4. The zero-order valence-corrected chi connectivity index (χ0v) is 27.0. The molecule has 6 rings (SSSR count). The van der Waals surface area contributed by atoms with Crippen LogP contribution in [0.1, 0.15) is 69.1 Å². The van der Waals surface area contributed by atoms with Gasteiger partial charge in [-0.05, 0) is 48.5 Å². The summed E-state index contributed by atoms with van der Waals surface area (Å²) in [4.78, 5) is 57.5. The third-order valence-corrected chi connectivity index (χ3v) is 7.41. The van der Waals surface area contributed by atoms with Gasteiger partial charge in [0.15, 0.2) is 0 Å². The molecule has 0 atom stereocenters. The highest BCUT2D eigenvalue weighted by Crippen LogP contribution is 2.31. The van der Waals surface area contributed by atoms with Crippen LogP contribution in [0.2, 0.25) is 0 Å². The predicted octanol–water partition coefficient (Wildman–Crippen LogP) is 6.07. The molecule has 0 radical (unpaired) electrons. The number of carbonyl (C=O) groups is 4. The summed E-state index contributed by atoms with van der Waals surface area (Å²) < 4.78 is 3.66. The number of imidazole rings is 2. The van der Waals surface area contributed by atoms with Gasteiger partial charge in [-0.3, -0.25) is 9.59 Å². The van der Waals surface area contributed by atoms with E-state index in [9.17, 15) is 29.4 Å². The molecule has 246 valence electrons. The molecule has 2 aromatic heterocycles. The number of hydrogen-bond donors (Lipinski definition) is 4. The highest BCUT2D eigenvalue weighted by molar-refractivity contribution is 6.00. The molecular formula is C36H36N6O6. The van der Waals surface area contributed by atoms with Crippen LogP contribution in [0.4, 0.5) is 0 Å². The zero-order valence-electron chi connectivity index (χ0n) is 27.0. The van der Waals surface area contributed by atoms with E-state index in [1.54, 1.807) is 72.8 Å². The largest absolute Gasteiger partial charge is 0.478 e. The maximum atomic E-state index is 12.1. The van der Waals surface area contributed by atoms with Gasteiger partial charge >= 0.3 is 11.9 Å². The molecule has 0 aliphatic rings. The van der Waals surface area contributed by atoms with Crippen LogP contribution < -0.4 is 11.5 Å². The number of carboxylic acid groups (broad SMARTS) is 2. The summed E-state index contributed by atoms with van der Waals surface area (Å²) in [5.41, 5.74) is 14.5. The lowest BCUT2D eigenvalue weighted by atomic mass is 10.1. The minimum absolute atomic E-state index is 0.0438. The molecular weight excluding hydrogens is 612 g/mol. The highest BCUT2D eigenvalue weighted by atomic mass is 16.4. The molecule has 6 N–H and O–H groups in total. The van der Waals surface area contributed by atoms with E-state index < -0.39 is 23.8 Å². The second-order valence-electron chi connectivity index (χ2n) is 10.0. The first-order valence-electron chi connectivity index (χ1n) is 15.4. The highest BCUT2D eigenvalue weighted by Gasteiger charge is 2.22. The number of benzene rings is 4. The van der Waals surface area contributed by atoms with Gasteiger partial charge in [-0.25, -0.2) is 19.6 Å². The normalized spacial score (nSPS) is 10.5. The molecule has 2 heterocycles. The van der Waals surface area contributed by atoms with Crippen molar-refractivity contribution in [1.82, 2.24) is 19.1 Å². The van der Waals surface area contributed by atoms with Gasteiger partial charge in [0, 0.05) is 35.3 Å². The van der Waals surface area contributed by atoms with Crippen LogP contribution in [-0.4, -0.2) is 53.1 Å². The van der Waals surface area contributed by atoms with E-state index in [0.29, 0.717) is 44.8 Å². The lowest BCUT2D eigenvalue weighted by Crippen LogP contribution is -2.13. The van der Waals surface area contributed by atoms with E-state index in [2.05, 4.69) is 0 Å². The Morgan fingerprint density at radius 3 is 1.27 bits per heavy atom. The summed E-state index contributed by atoms with van der Waals surface area (Å²) in [6.07, 6.45) is 0. The molecule has 6 aromatic rings. The van der Waals surface area contributed by atoms with E-state index in [-0.39, 0.29) is 35.3 Å². The van der Waals surface area contributed by atoms with Crippen molar-refractivity contribution in [2.75, 3.05) is 0 Å². The summed E-state index contributed by atoms with van der Waals surface area (Å²) in [6, 6.07) is 22.6. The number of aromatic carboxylic acids is 2. The minimum atomic E-state index is -1.13.